The minimum Gasteiger partial charge on any atom is -0.486 e. The number of furan rings is 1. The van der Waals surface area contributed by atoms with Gasteiger partial charge in [0.1, 0.15) is 29.7 Å². The molecule has 0 aliphatic rings. The molecule has 0 spiro atoms. The lowest BCUT2D eigenvalue weighted by atomic mass is 10.2. The molecule has 0 aliphatic heterocycles. The van der Waals surface area contributed by atoms with Crippen LogP contribution in [0.5, 0.6) is 5.75 Å². The molecule has 0 atom stereocenters. The maximum atomic E-state index is 12.8. The topological polar surface area (TPSA) is 34.4 Å². The van der Waals surface area contributed by atoms with Crippen LogP contribution in [0, 0.1) is 18.7 Å². The third-order valence-electron chi connectivity index (χ3n) is 3.13. The first-order valence-electron chi connectivity index (χ1n) is 7.22. The van der Waals surface area contributed by atoms with Crippen LogP contribution in [0.2, 0.25) is 0 Å². The van der Waals surface area contributed by atoms with Crippen LogP contribution < -0.4 is 10.1 Å². The lowest BCUT2D eigenvalue weighted by Gasteiger charge is -2.05. The predicted octanol–water partition coefficient (Wildman–Crippen LogP) is 4.05. The van der Waals surface area contributed by atoms with Crippen LogP contribution in [0.25, 0.3) is 0 Å². The largest absolute Gasteiger partial charge is 0.486 e. The fourth-order valence-corrected chi connectivity index (χ4v) is 2.02. The summed E-state index contributed by atoms with van der Waals surface area (Å²) in [5.74, 6) is 2.67. The fraction of sp³-hybridized carbons (Fsp3) is 0.412. The minimum atomic E-state index is -0.269. The van der Waals surface area contributed by atoms with E-state index in [-0.39, 0.29) is 5.82 Å². The molecular formula is C17H22FNO2. The van der Waals surface area contributed by atoms with E-state index in [9.17, 15) is 4.39 Å². The van der Waals surface area contributed by atoms with Gasteiger partial charge in [0.05, 0.1) is 0 Å². The van der Waals surface area contributed by atoms with Crippen LogP contribution in [-0.2, 0) is 13.2 Å². The summed E-state index contributed by atoms with van der Waals surface area (Å²) in [6.45, 7) is 8.43. The van der Waals surface area contributed by atoms with Gasteiger partial charge >= 0.3 is 0 Å². The molecule has 3 nitrogen and oxygen atoms in total. The van der Waals surface area contributed by atoms with Gasteiger partial charge in [-0.05, 0) is 49.7 Å². The van der Waals surface area contributed by atoms with Crippen molar-refractivity contribution < 1.29 is 13.5 Å². The summed E-state index contributed by atoms with van der Waals surface area (Å²) in [6, 6.07) is 7.98. The zero-order valence-corrected chi connectivity index (χ0v) is 12.8. The van der Waals surface area contributed by atoms with E-state index < -0.39 is 0 Å². The molecule has 2 aromatic rings. The smallest absolute Gasteiger partial charge is 0.146 e. The van der Waals surface area contributed by atoms with E-state index >= 15 is 0 Å². The Kier molecular flexibility index (Phi) is 5.39. The van der Waals surface area contributed by atoms with Gasteiger partial charge in [-0.2, -0.15) is 0 Å². The van der Waals surface area contributed by atoms with E-state index in [1.54, 1.807) is 12.1 Å². The van der Waals surface area contributed by atoms with E-state index in [0.717, 1.165) is 30.2 Å². The summed E-state index contributed by atoms with van der Waals surface area (Å²) in [6.07, 6.45) is 0. The van der Waals surface area contributed by atoms with E-state index in [0.29, 0.717) is 18.3 Å². The Labute approximate surface area is 125 Å². The molecule has 1 heterocycles. The number of ether oxygens (including phenoxy) is 1. The zero-order valence-electron chi connectivity index (χ0n) is 12.8. The van der Waals surface area contributed by atoms with Crippen LogP contribution in [0.15, 0.2) is 34.7 Å². The van der Waals surface area contributed by atoms with Gasteiger partial charge in [0.2, 0.25) is 0 Å². The first kappa shape index (κ1) is 15.6. The molecule has 2 rings (SSSR count). The highest BCUT2D eigenvalue weighted by Crippen LogP contribution is 2.18. The molecule has 4 heteroatoms. The van der Waals surface area contributed by atoms with Crippen LogP contribution in [-0.4, -0.2) is 6.54 Å². The lowest BCUT2D eigenvalue weighted by Crippen LogP contribution is -2.18. The summed E-state index contributed by atoms with van der Waals surface area (Å²) in [7, 11) is 0. The Balaban J connectivity index is 1.87. The highest BCUT2D eigenvalue weighted by atomic mass is 19.1. The molecule has 0 unspecified atom stereocenters. The second-order valence-corrected chi connectivity index (χ2v) is 5.56. The van der Waals surface area contributed by atoms with Gasteiger partial charge < -0.3 is 14.5 Å². The number of aryl methyl sites for hydroxylation is 1. The first-order valence-corrected chi connectivity index (χ1v) is 7.22. The van der Waals surface area contributed by atoms with Crippen LogP contribution in [0.1, 0.15) is 30.9 Å². The Bertz CT molecular complexity index is 561. The predicted molar refractivity (Wildman–Crippen MR) is 80.7 cm³/mol. The normalized spacial score (nSPS) is 11.1. The number of hydrogen-bond acceptors (Lipinski definition) is 3. The van der Waals surface area contributed by atoms with Crippen molar-refractivity contribution in [1.29, 1.82) is 0 Å². The second kappa shape index (κ2) is 7.27. The molecule has 0 fully saturated rings. The molecule has 1 aromatic carbocycles. The van der Waals surface area contributed by atoms with Crippen LogP contribution >= 0.6 is 0 Å². The number of rotatable bonds is 7. The summed E-state index contributed by atoms with van der Waals surface area (Å²) >= 11 is 0. The van der Waals surface area contributed by atoms with Crippen molar-refractivity contribution in [3.05, 3.63) is 53.2 Å². The first-order chi connectivity index (χ1) is 10.0. The molecule has 1 N–H and O–H groups in total. The van der Waals surface area contributed by atoms with Crippen LogP contribution in [0.3, 0.4) is 0 Å². The van der Waals surface area contributed by atoms with Crippen LogP contribution in [0.4, 0.5) is 4.39 Å². The van der Waals surface area contributed by atoms with Crippen molar-refractivity contribution in [2.24, 2.45) is 5.92 Å². The summed E-state index contributed by atoms with van der Waals surface area (Å²) in [4.78, 5) is 0. The summed E-state index contributed by atoms with van der Waals surface area (Å²) < 4.78 is 24.1. The van der Waals surface area contributed by atoms with Crippen molar-refractivity contribution in [1.82, 2.24) is 5.32 Å². The SMILES string of the molecule is Cc1oc(COc2ccc(F)cc2)cc1CNCC(C)C. The quantitative estimate of drug-likeness (QED) is 0.835. The van der Waals surface area contributed by atoms with Crippen molar-refractivity contribution in [3.63, 3.8) is 0 Å². The van der Waals surface area contributed by atoms with Gasteiger partial charge in [0.15, 0.2) is 0 Å². The molecule has 1 aromatic heterocycles. The Hall–Kier alpha value is -1.81. The number of nitrogens with one attached hydrogen (secondary N) is 1. The van der Waals surface area contributed by atoms with E-state index in [4.69, 9.17) is 9.15 Å². The molecular weight excluding hydrogens is 269 g/mol. The van der Waals surface area contributed by atoms with Gasteiger partial charge in [-0.1, -0.05) is 13.8 Å². The second-order valence-electron chi connectivity index (χ2n) is 5.56. The Morgan fingerprint density at radius 1 is 1.24 bits per heavy atom. The monoisotopic (exact) mass is 291 g/mol. The zero-order chi connectivity index (χ0) is 15.2. The molecule has 0 radical (unpaired) electrons. The van der Waals surface area contributed by atoms with Gasteiger partial charge in [-0.15, -0.1) is 0 Å². The van der Waals surface area contributed by atoms with Gasteiger partial charge in [-0.25, -0.2) is 4.39 Å². The Morgan fingerprint density at radius 3 is 2.62 bits per heavy atom. The average Bonchev–Trinajstić information content (AvgIpc) is 2.78. The third kappa shape index (κ3) is 4.90. The Morgan fingerprint density at radius 2 is 1.95 bits per heavy atom. The van der Waals surface area contributed by atoms with Gasteiger partial charge in [0, 0.05) is 12.1 Å². The summed E-state index contributed by atoms with van der Waals surface area (Å²) in [5.41, 5.74) is 1.15. The standard InChI is InChI=1S/C17H22FNO2/c1-12(2)9-19-10-14-8-17(21-13(14)3)11-20-16-6-4-15(18)5-7-16/h4-8,12,19H,9-11H2,1-3H3. The van der Waals surface area contributed by atoms with Crippen molar-refractivity contribution in [3.8, 4) is 5.75 Å². The lowest BCUT2D eigenvalue weighted by molar-refractivity contribution is 0.267. The molecule has 21 heavy (non-hydrogen) atoms. The van der Waals surface area contributed by atoms with Gasteiger partial charge in [-0.3, -0.25) is 0 Å². The highest BCUT2D eigenvalue weighted by molar-refractivity contribution is 5.24. The molecule has 114 valence electrons. The number of halogens is 1. The molecule has 0 saturated carbocycles. The third-order valence-corrected chi connectivity index (χ3v) is 3.13. The van der Waals surface area contributed by atoms with Crippen molar-refractivity contribution in [2.45, 2.75) is 33.9 Å². The van der Waals surface area contributed by atoms with E-state index in [1.807, 2.05) is 13.0 Å². The maximum absolute atomic E-state index is 12.8. The van der Waals surface area contributed by atoms with E-state index in [2.05, 4.69) is 19.2 Å². The number of benzene rings is 1. The summed E-state index contributed by atoms with van der Waals surface area (Å²) in [5, 5.41) is 3.39. The minimum absolute atomic E-state index is 0.269. The van der Waals surface area contributed by atoms with E-state index in [1.165, 1.54) is 12.1 Å². The van der Waals surface area contributed by atoms with Crippen molar-refractivity contribution >= 4 is 0 Å². The van der Waals surface area contributed by atoms with Gasteiger partial charge in [0.25, 0.3) is 0 Å². The highest BCUT2D eigenvalue weighted by Gasteiger charge is 2.08. The molecule has 0 saturated heterocycles. The average molecular weight is 291 g/mol. The maximum Gasteiger partial charge on any atom is 0.146 e. The number of hydrogen-bond donors (Lipinski definition) is 1. The molecule has 0 bridgehead atoms. The van der Waals surface area contributed by atoms with Crippen molar-refractivity contribution in [2.75, 3.05) is 6.54 Å². The molecule has 0 amide bonds. The fourth-order valence-electron chi connectivity index (χ4n) is 2.02. The molecule has 0 aliphatic carbocycles.